The molecule has 1 unspecified atom stereocenters. The van der Waals surface area contributed by atoms with Gasteiger partial charge in [0.1, 0.15) is 5.54 Å². The van der Waals surface area contributed by atoms with Crippen molar-refractivity contribution in [2.75, 3.05) is 13.1 Å². The maximum atomic E-state index is 12.4. The van der Waals surface area contributed by atoms with Gasteiger partial charge in [-0.15, -0.1) is 0 Å². The van der Waals surface area contributed by atoms with Crippen molar-refractivity contribution >= 4 is 11.8 Å². The van der Waals surface area contributed by atoms with Crippen molar-refractivity contribution in [2.45, 2.75) is 45.6 Å². The highest BCUT2D eigenvalue weighted by Gasteiger charge is 2.52. The van der Waals surface area contributed by atoms with Crippen LogP contribution in [-0.2, 0) is 9.59 Å². The van der Waals surface area contributed by atoms with E-state index in [2.05, 4.69) is 19.2 Å². The van der Waals surface area contributed by atoms with E-state index in [4.69, 9.17) is 0 Å². The summed E-state index contributed by atoms with van der Waals surface area (Å²) in [5.74, 6) is 1.00. The second-order valence-electron chi connectivity index (χ2n) is 5.93. The molecule has 2 amide bonds. The van der Waals surface area contributed by atoms with Gasteiger partial charge in [0.15, 0.2) is 0 Å². The summed E-state index contributed by atoms with van der Waals surface area (Å²) >= 11 is 0. The maximum Gasteiger partial charge on any atom is 0.248 e. The molecule has 0 aromatic rings. The molecule has 0 bridgehead atoms. The molecule has 1 saturated carbocycles. The highest BCUT2D eigenvalue weighted by molar-refractivity contribution is 5.98. The molecule has 4 heteroatoms. The molecule has 0 spiro atoms. The van der Waals surface area contributed by atoms with E-state index in [1.165, 1.54) is 0 Å². The first kappa shape index (κ1) is 12.4. The highest BCUT2D eigenvalue weighted by Crippen LogP contribution is 2.41. The van der Waals surface area contributed by atoms with Gasteiger partial charge in [-0.2, -0.15) is 0 Å². The third-order valence-electron chi connectivity index (χ3n) is 3.84. The van der Waals surface area contributed by atoms with E-state index < -0.39 is 5.54 Å². The Balaban J connectivity index is 2.06. The van der Waals surface area contributed by atoms with Gasteiger partial charge < -0.3 is 10.2 Å². The van der Waals surface area contributed by atoms with Crippen LogP contribution in [0.4, 0.5) is 0 Å². The standard InChI is InChI=1S/C13H22N2O2/c1-9(2)6-7-15-8-11(16)14-13(3,12(15)17)10-4-5-10/h9-10H,4-8H2,1-3H3,(H,14,16). The van der Waals surface area contributed by atoms with Gasteiger partial charge in [-0.1, -0.05) is 13.8 Å². The molecule has 17 heavy (non-hydrogen) atoms. The topological polar surface area (TPSA) is 49.4 Å². The molecule has 2 aliphatic rings. The van der Waals surface area contributed by atoms with Crippen LogP contribution < -0.4 is 5.32 Å². The van der Waals surface area contributed by atoms with Crippen LogP contribution in [0.3, 0.4) is 0 Å². The smallest absolute Gasteiger partial charge is 0.248 e. The third kappa shape index (κ3) is 2.45. The molecule has 96 valence electrons. The number of hydrogen-bond donors (Lipinski definition) is 1. The SMILES string of the molecule is CC(C)CCN1CC(=O)NC(C)(C2CC2)C1=O. The van der Waals surface area contributed by atoms with Gasteiger partial charge in [-0.25, -0.2) is 0 Å². The van der Waals surface area contributed by atoms with E-state index in [0.717, 1.165) is 19.3 Å². The first-order valence-corrected chi connectivity index (χ1v) is 6.54. The van der Waals surface area contributed by atoms with Crippen molar-refractivity contribution in [2.24, 2.45) is 11.8 Å². The van der Waals surface area contributed by atoms with Crippen LogP contribution in [0.5, 0.6) is 0 Å². The molecule has 1 aliphatic carbocycles. The lowest BCUT2D eigenvalue weighted by Crippen LogP contribution is -2.66. The molecule has 0 aromatic heterocycles. The summed E-state index contributed by atoms with van der Waals surface area (Å²) in [4.78, 5) is 25.8. The summed E-state index contributed by atoms with van der Waals surface area (Å²) in [6, 6.07) is 0. The Morgan fingerprint density at radius 2 is 2.06 bits per heavy atom. The fraction of sp³-hybridized carbons (Fsp3) is 0.846. The first-order valence-electron chi connectivity index (χ1n) is 6.54. The monoisotopic (exact) mass is 238 g/mol. The van der Waals surface area contributed by atoms with Crippen molar-refractivity contribution in [1.29, 1.82) is 0 Å². The lowest BCUT2D eigenvalue weighted by Gasteiger charge is -2.40. The van der Waals surface area contributed by atoms with Crippen molar-refractivity contribution in [3.8, 4) is 0 Å². The van der Waals surface area contributed by atoms with Gasteiger partial charge in [0.05, 0.1) is 6.54 Å². The molecule has 1 saturated heterocycles. The van der Waals surface area contributed by atoms with Crippen LogP contribution in [0.1, 0.15) is 40.0 Å². The quantitative estimate of drug-likeness (QED) is 0.799. The van der Waals surface area contributed by atoms with Crippen LogP contribution in [0.15, 0.2) is 0 Å². The van der Waals surface area contributed by atoms with E-state index in [-0.39, 0.29) is 18.4 Å². The van der Waals surface area contributed by atoms with Crippen molar-refractivity contribution in [3.05, 3.63) is 0 Å². The molecule has 0 radical (unpaired) electrons. The normalized spacial score (nSPS) is 29.8. The zero-order valence-electron chi connectivity index (χ0n) is 11.0. The number of rotatable bonds is 4. The number of nitrogens with one attached hydrogen (secondary N) is 1. The molecule has 1 heterocycles. The Morgan fingerprint density at radius 1 is 1.41 bits per heavy atom. The second kappa shape index (κ2) is 4.31. The molecular formula is C13H22N2O2. The number of nitrogens with zero attached hydrogens (tertiary/aromatic N) is 1. The minimum atomic E-state index is -0.633. The van der Waals surface area contributed by atoms with Gasteiger partial charge in [0.25, 0.3) is 0 Å². The first-order chi connectivity index (χ1) is 7.93. The lowest BCUT2D eigenvalue weighted by molar-refractivity contribution is -0.150. The third-order valence-corrected chi connectivity index (χ3v) is 3.84. The van der Waals surface area contributed by atoms with Gasteiger partial charge in [0.2, 0.25) is 11.8 Å². The van der Waals surface area contributed by atoms with Gasteiger partial charge >= 0.3 is 0 Å². The molecular weight excluding hydrogens is 216 g/mol. The zero-order valence-corrected chi connectivity index (χ0v) is 11.0. The molecule has 4 nitrogen and oxygen atoms in total. The largest absolute Gasteiger partial charge is 0.340 e. The summed E-state index contributed by atoms with van der Waals surface area (Å²) in [6.45, 7) is 7.08. The van der Waals surface area contributed by atoms with Crippen molar-refractivity contribution in [1.82, 2.24) is 10.2 Å². The van der Waals surface area contributed by atoms with E-state index in [1.54, 1.807) is 4.90 Å². The van der Waals surface area contributed by atoms with Crippen LogP contribution in [0.2, 0.25) is 0 Å². The molecule has 0 aromatic carbocycles. The average molecular weight is 238 g/mol. The predicted octanol–water partition coefficient (Wildman–Crippen LogP) is 1.16. The minimum Gasteiger partial charge on any atom is -0.340 e. The zero-order chi connectivity index (χ0) is 12.6. The molecule has 2 fully saturated rings. The molecule has 1 atom stereocenters. The van der Waals surface area contributed by atoms with E-state index >= 15 is 0 Å². The summed E-state index contributed by atoms with van der Waals surface area (Å²) in [5, 5.41) is 2.89. The van der Waals surface area contributed by atoms with Crippen molar-refractivity contribution in [3.63, 3.8) is 0 Å². The number of amides is 2. The molecule has 1 aliphatic heterocycles. The Morgan fingerprint density at radius 3 is 2.59 bits per heavy atom. The number of hydrogen-bond acceptors (Lipinski definition) is 2. The summed E-state index contributed by atoms with van der Waals surface area (Å²) in [5.41, 5.74) is -0.633. The fourth-order valence-corrected chi connectivity index (χ4v) is 2.49. The van der Waals surface area contributed by atoms with Gasteiger partial charge in [-0.05, 0) is 38.0 Å². The number of carbonyl (C=O) groups excluding carboxylic acids is 2. The van der Waals surface area contributed by atoms with Crippen molar-refractivity contribution < 1.29 is 9.59 Å². The summed E-state index contributed by atoms with van der Waals surface area (Å²) < 4.78 is 0. The Bertz CT molecular complexity index is 336. The Kier molecular flexibility index (Phi) is 3.15. The van der Waals surface area contributed by atoms with Gasteiger partial charge in [-0.3, -0.25) is 9.59 Å². The van der Waals surface area contributed by atoms with Crippen LogP contribution in [0.25, 0.3) is 0 Å². The van der Waals surface area contributed by atoms with E-state index in [0.29, 0.717) is 18.4 Å². The Hall–Kier alpha value is -1.06. The summed E-state index contributed by atoms with van der Waals surface area (Å²) in [7, 11) is 0. The Labute approximate surface area is 103 Å². The molecule has 1 N–H and O–H groups in total. The number of piperazine rings is 1. The van der Waals surface area contributed by atoms with Crippen LogP contribution >= 0.6 is 0 Å². The molecule has 2 rings (SSSR count). The lowest BCUT2D eigenvalue weighted by atomic mass is 9.91. The average Bonchev–Trinajstić information content (AvgIpc) is 3.04. The van der Waals surface area contributed by atoms with Crippen LogP contribution in [-0.4, -0.2) is 35.3 Å². The fourth-order valence-electron chi connectivity index (χ4n) is 2.49. The van der Waals surface area contributed by atoms with Gasteiger partial charge in [0, 0.05) is 6.54 Å². The van der Waals surface area contributed by atoms with Crippen LogP contribution in [0, 0.1) is 11.8 Å². The highest BCUT2D eigenvalue weighted by atomic mass is 16.2. The minimum absolute atomic E-state index is 0.0113. The number of carbonyl (C=O) groups is 2. The predicted molar refractivity (Wildman–Crippen MR) is 65.3 cm³/mol. The van der Waals surface area contributed by atoms with E-state index in [9.17, 15) is 9.59 Å². The van der Waals surface area contributed by atoms with E-state index in [1.807, 2.05) is 6.92 Å². The maximum absolute atomic E-state index is 12.4. The second-order valence-corrected chi connectivity index (χ2v) is 5.93. The summed E-state index contributed by atoms with van der Waals surface area (Å²) in [6.07, 6.45) is 3.07.